The summed E-state index contributed by atoms with van der Waals surface area (Å²) in [7, 11) is 0. The minimum Gasteiger partial charge on any atom is -0.380 e. The fraction of sp³-hybridized carbons (Fsp3) is 1.00. The molecule has 0 N–H and O–H groups in total. The van der Waals surface area contributed by atoms with Crippen LogP contribution < -0.4 is 0 Å². The van der Waals surface area contributed by atoms with E-state index in [1.807, 2.05) is 13.8 Å². The van der Waals surface area contributed by atoms with E-state index >= 15 is 0 Å². The predicted octanol–water partition coefficient (Wildman–Crippen LogP) is 12.5. The van der Waals surface area contributed by atoms with Crippen LogP contribution in [0.5, 0.6) is 0 Å². The monoisotopic (exact) mass is 625 g/mol. The van der Waals surface area contributed by atoms with Crippen LogP contribution in [0.15, 0.2) is 0 Å². The van der Waals surface area contributed by atoms with Crippen molar-refractivity contribution in [2.75, 3.05) is 39.6 Å². The lowest BCUT2D eigenvalue weighted by molar-refractivity contribution is -0.299. The van der Waals surface area contributed by atoms with Gasteiger partial charge in [0.15, 0.2) is 5.79 Å². The van der Waals surface area contributed by atoms with E-state index in [0.717, 1.165) is 13.2 Å². The van der Waals surface area contributed by atoms with E-state index in [-0.39, 0.29) is 5.41 Å². The molecule has 4 nitrogen and oxygen atoms in total. The summed E-state index contributed by atoms with van der Waals surface area (Å²) in [6.07, 6.45) is 32.3. The molecule has 0 aliphatic carbocycles. The number of rotatable bonds is 32. The molecule has 0 spiro atoms. The van der Waals surface area contributed by atoms with Crippen LogP contribution in [0.2, 0.25) is 0 Å². The summed E-state index contributed by atoms with van der Waals surface area (Å²) in [4.78, 5) is 0. The van der Waals surface area contributed by atoms with Crippen LogP contribution in [-0.2, 0) is 18.9 Å². The average molecular weight is 625 g/mol. The van der Waals surface area contributed by atoms with Crippen molar-refractivity contribution in [3.8, 4) is 0 Å². The zero-order valence-corrected chi connectivity index (χ0v) is 31.0. The van der Waals surface area contributed by atoms with Gasteiger partial charge in [0.1, 0.15) is 0 Å². The summed E-state index contributed by atoms with van der Waals surface area (Å²) in [5, 5.41) is 0. The van der Waals surface area contributed by atoms with Crippen LogP contribution in [0.4, 0.5) is 0 Å². The summed E-state index contributed by atoms with van der Waals surface area (Å²) >= 11 is 0. The first-order valence-corrected chi connectivity index (χ1v) is 19.8. The third-order valence-electron chi connectivity index (χ3n) is 9.84. The van der Waals surface area contributed by atoms with E-state index in [4.69, 9.17) is 18.9 Å². The number of hydrogen-bond acceptors (Lipinski definition) is 4. The standard InChI is InChI=1S/C40H80O4/c1-7-11-15-19-21-25-29-37(27-23-17-13-9-3)31-41-33-40(35-43-39(5,6)44-36-40)34-42-32-38(28-24-18-14-10-4)30-26-22-20-16-12-8-2/h37-38H,7-36H2,1-6H3. The van der Waals surface area contributed by atoms with E-state index < -0.39 is 5.79 Å². The van der Waals surface area contributed by atoms with Gasteiger partial charge in [-0.1, -0.05) is 156 Å². The van der Waals surface area contributed by atoms with Crippen molar-refractivity contribution >= 4 is 0 Å². The van der Waals surface area contributed by atoms with Gasteiger partial charge in [0.05, 0.1) is 31.8 Å². The molecule has 0 aromatic heterocycles. The van der Waals surface area contributed by atoms with Crippen molar-refractivity contribution in [1.29, 1.82) is 0 Å². The van der Waals surface area contributed by atoms with E-state index in [9.17, 15) is 0 Å². The highest BCUT2D eigenvalue weighted by Crippen LogP contribution is 2.32. The Morgan fingerprint density at radius 3 is 1.09 bits per heavy atom. The van der Waals surface area contributed by atoms with Crippen molar-refractivity contribution in [3.05, 3.63) is 0 Å². The molecule has 2 atom stereocenters. The quantitative estimate of drug-likeness (QED) is 0.0698. The molecule has 264 valence electrons. The van der Waals surface area contributed by atoms with Crippen molar-refractivity contribution in [3.63, 3.8) is 0 Å². The highest BCUT2D eigenvalue weighted by molar-refractivity contribution is 4.84. The summed E-state index contributed by atoms with van der Waals surface area (Å²) in [6, 6.07) is 0. The second kappa shape index (κ2) is 27.9. The normalized spacial score (nSPS) is 17.6. The Kier molecular flexibility index (Phi) is 26.6. The Morgan fingerprint density at radius 2 is 0.750 bits per heavy atom. The van der Waals surface area contributed by atoms with Gasteiger partial charge in [-0.05, 0) is 51.4 Å². The van der Waals surface area contributed by atoms with Gasteiger partial charge in [-0.25, -0.2) is 0 Å². The smallest absolute Gasteiger partial charge is 0.162 e. The van der Waals surface area contributed by atoms with Crippen LogP contribution in [0, 0.1) is 17.3 Å². The van der Waals surface area contributed by atoms with Gasteiger partial charge < -0.3 is 18.9 Å². The van der Waals surface area contributed by atoms with Gasteiger partial charge >= 0.3 is 0 Å². The lowest BCUT2D eigenvalue weighted by Crippen LogP contribution is -2.51. The largest absolute Gasteiger partial charge is 0.380 e. The third kappa shape index (κ3) is 22.4. The SMILES string of the molecule is CCCCCCCCC(CCCCCC)COCC1(COCC(CCCCCC)CCCCCCCC)COC(C)(C)OC1. The molecule has 1 rings (SSSR count). The van der Waals surface area contributed by atoms with Crippen molar-refractivity contribution in [2.24, 2.45) is 17.3 Å². The molecule has 0 radical (unpaired) electrons. The van der Waals surface area contributed by atoms with Gasteiger partial charge in [-0.2, -0.15) is 0 Å². The fourth-order valence-electron chi connectivity index (χ4n) is 6.60. The first kappa shape index (κ1) is 41.9. The van der Waals surface area contributed by atoms with E-state index in [1.54, 1.807) is 0 Å². The molecule has 1 fully saturated rings. The Labute approximate surface area is 276 Å². The molecule has 0 amide bonds. The lowest BCUT2D eigenvalue weighted by atomic mass is 9.90. The Bertz CT molecular complexity index is 556. The van der Waals surface area contributed by atoms with Crippen molar-refractivity contribution < 1.29 is 18.9 Å². The summed E-state index contributed by atoms with van der Waals surface area (Å²) in [5.74, 6) is 0.813. The van der Waals surface area contributed by atoms with Crippen LogP contribution in [0.1, 0.15) is 196 Å². The third-order valence-corrected chi connectivity index (χ3v) is 9.84. The van der Waals surface area contributed by atoms with Crippen molar-refractivity contribution in [2.45, 2.75) is 201 Å². The van der Waals surface area contributed by atoms with E-state index in [0.29, 0.717) is 38.3 Å². The highest BCUT2D eigenvalue weighted by atomic mass is 16.7. The summed E-state index contributed by atoms with van der Waals surface area (Å²) in [5.41, 5.74) is -0.213. The molecule has 1 aliphatic rings. The maximum Gasteiger partial charge on any atom is 0.162 e. The molecule has 0 aromatic carbocycles. The van der Waals surface area contributed by atoms with Crippen LogP contribution in [0.3, 0.4) is 0 Å². The molecule has 1 aliphatic heterocycles. The van der Waals surface area contributed by atoms with E-state index in [1.165, 1.54) is 154 Å². The zero-order chi connectivity index (χ0) is 32.2. The molecule has 1 saturated heterocycles. The van der Waals surface area contributed by atoms with Gasteiger partial charge in [0.25, 0.3) is 0 Å². The topological polar surface area (TPSA) is 36.9 Å². The number of ether oxygens (including phenoxy) is 4. The first-order chi connectivity index (χ1) is 21.4. The molecule has 0 saturated carbocycles. The number of hydrogen-bond donors (Lipinski definition) is 0. The van der Waals surface area contributed by atoms with Gasteiger partial charge in [0.2, 0.25) is 0 Å². The first-order valence-electron chi connectivity index (χ1n) is 19.8. The Hall–Kier alpha value is -0.160. The zero-order valence-electron chi connectivity index (χ0n) is 31.0. The molecule has 0 bridgehead atoms. The highest BCUT2D eigenvalue weighted by Gasteiger charge is 2.41. The average Bonchev–Trinajstić information content (AvgIpc) is 3.01. The molecule has 0 aromatic rings. The molecule has 44 heavy (non-hydrogen) atoms. The summed E-state index contributed by atoms with van der Waals surface area (Å²) < 4.78 is 25.6. The maximum absolute atomic E-state index is 6.58. The van der Waals surface area contributed by atoms with Crippen LogP contribution in [-0.4, -0.2) is 45.4 Å². The van der Waals surface area contributed by atoms with Gasteiger partial charge in [0, 0.05) is 13.2 Å². The predicted molar refractivity (Wildman–Crippen MR) is 191 cm³/mol. The van der Waals surface area contributed by atoms with Crippen molar-refractivity contribution in [1.82, 2.24) is 0 Å². The molecule has 1 heterocycles. The number of unbranched alkanes of at least 4 members (excludes halogenated alkanes) is 16. The minimum atomic E-state index is -0.525. The molecule has 2 unspecified atom stereocenters. The molecule has 4 heteroatoms. The lowest BCUT2D eigenvalue weighted by Gasteiger charge is -2.43. The van der Waals surface area contributed by atoms with Gasteiger partial charge in [-0.15, -0.1) is 0 Å². The van der Waals surface area contributed by atoms with E-state index in [2.05, 4.69) is 27.7 Å². The minimum absolute atomic E-state index is 0.213. The van der Waals surface area contributed by atoms with Crippen LogP contribution >= 0.6 is 0 Å². The summed E-state index contributed by atoms with van der Waals surface area (Å²) in [6.45, 7) is 17.6. The molecular weight excluding hydrogens is 544 g/mol. The Morgan fingerprint density at radius 1 is 0.455 bits per heavy atom. The Balaban J connectivity index is 2.65. The molecular formula is C40H80O4. The second-order valence-electron chi connectivity index (χ2n) is 15.1. The maximum atomic E-state index is 6.58. The fourth-order valence-corrected chi connectivity index (χ4v) is 6.60. The van der Waals surface area contributed by atoms with Gasteiger partial charge in [-0.3, -0.25) is 0 Å². The van der Waals surface area contributed by atoms with Crippen LogP contribution in [0.25, 0.3) is 0 Å². The second-order valence-corrected chi connectivity index (χ2v) is 15.1.